The number of aliphatic imine (C=N–C) groups is 1. The quantitative estimate of drug-likeness (QED) is 0.126. The summed E-state index contributed by atoms with van der Waals surface area (Å²) >= 11 is 0. The number of allylic oxidation sites excluding steroid dienone is 2. The van der Waals surface area contributed by atoms with Crippen molar-refractivity contribution in [3.63, 3.8) is 0 Å². The first-order valence-corrected chi connectivity index (χ1v) is 20.3. The third-order valence-corrected chi connectivity index (χ3v) is 13.9. The molecule has 7 aromatic rings. The third kappa shape index (κ3) is 5.36. The second-order valence-electron chi connectivity index (χ2n) is 17.0. The zero-order valence-electron chi connectivity index (χ0n) is 34.8. The molecule has 3 N–H and O–H groups in total. The van der Waals surface area contributed by atoms with Gasteiger partial charge in [-0.3, -0.25) is 5.41 Å². The number of rotatable bonds is 4. The number of hydrogen-bond acceptors (Lipinski definition) is 2. The summed E-state index contributed by atoms with van der Waals surface area (Å²) in [6.45, 7) is 11.4. The lowest BCUT2D eigenvalue weighted by atomic mass is 9.60. The number of benzene rings is 5. The molecule has 0 bridgehead atoms. The zero-order valence-corrected chi connectivity index (χ0v) is 34.8. The van der Waals surface area contributed by atoms with Crippen LogP contribution in [0.5, 0.6) is 0 Å². The topological polar surface area (TPSA) is 80.3 Å². The van der Waals surface area contributed by atoms with E-state index in [2.05, 4.69) is 175 Å². The molecule has 57 heavy (non-hydrogen) atoms. The molecule has 0 saturated heterocycles. The minimum atomic E-state index is -0.700. The molecular formula is C47H47B5N4O. The molecular weight excluding hydrogens is 691 g/mol. The van der Waals surface area contributed by atoms with E-state index in [1.165, 1.54) is 66.4 Å². The van der Waals surface area contributed by atoms with Crippen LogP contribution in [-0.4, -0.2) is 55.5 Å². The van der Waals surface area contributed by atoms with Crippen molar-refractivity contribution in [1.82, 2.24) is 4.57 Å². The Hall–Kier alpha value is -5.62. The summed E-state index contributed by atoms with van der Waals surface area (Å²) in [6, 6.07) is 30.6. The lowest BCUT2D eigenvalue weighted by Gasteiger charge is -2.45. The van der Waals surface area contributed by atoms with Crippen LogP contribution < -0.4 is 33.0 Å². The maximum Gasteiger partial charge on any atom is 0.152 e. The number of hydrogen-bond donors (Lipinski definition) is 2. The van der Waals surface area contributed by atoms with Gasteiger partial charge in [-0.25, -0.2) is 4.99 Å². The Morgan fingerprint density at radius 3 is 2.19 bits per heavy atom. The molecule has 5 aromatic carbocycles. The Bertz CT molecular complexity index is 2940. The first-order valence-electron chi connectivity index (χ1n) is 20.3. The number of aryl methyl sites for hydroxylation is 1. The fourth-order valence-electron chi connectivity index (χ4n) is 10.5. The number of amidine groups is 2. The predicted octanol–water partition coefficient (Wildman–Crippen LogP) is 2.91. The number of aromatic nitrogens is 1. The molecule has 2 heterocycles. The normalized spacial score (nSPS) is 20.7. The smallest absolute Gasteiger partial charge is 0.152 e. The first kappa shape index (κ1) is 37.0. The second kappa shape index (κ2) is 13.2. The van der Waals surface area contributed by atoms with Crippen LogP contribution in [0.4, 0.5) is 0 Å². The van der Waals surface area contributed by atoms with Gasteiger partial charge in [0.05, 0.1) is 10.9 Å². The van der Waals surface area contributed by atoms with Gasteiger partial charge in [-0.2, -0.15) is 0 Å². The lowest BCUT2D eigenvalue weighted by molar-refractivity contribution is 0.529. The van der Waals surface area contributed by atoms with Crippen LogP contribution in [0, 0.1) is 23.7 Å². The highest BCUT2D eigenvalue weighted by molar-refractivity contribution is 6.68. The van der Waals surface area contributed by atoms with Crippen molar-refractivity contribution in [2.24, 2.45) is 22.1 Å². The van der Waals surface area contributed by atoms with Gasteiger partial charge in [-0.1, -0.05) is 104 Å². The molecule has 0 fully saturated rings. The highest BCUT2D eigenvalue weighted by atomic mass is 16.3. The van der Waals surface area contributed by atoms with Crippen LogP contribution in [0.25, 0.3) is 49.7 Å². The summed E-state index contributed by atoms with van der Waals surface area (Å²) in [5.41, 5.74) is 26.3. The number of furan rings is 1. The largest absolute Gasteiger partial charge is 0.456 e. The molecule has 0 aliphatic heterocycles. The van der Waals surface area contributed by atoms with Crippen molar-refractivity contribution < 1.29 is 4.42 Å². The van der Waals surface area contributed by atoms with Crippen LogP contribution in [0.15, 0.2) is 118 Å². The van der Waals surface area contributed by atoms with Gasteiger partial charge in [-0.05, 0) is 77.9 Å². The van der Waals surface area contributed by atoms with Gasteiger partial charge < -0.3 is 14.7 Å². The fourth-order valence-corrected chi connectivity index (χ4v) is 10.5. The molecule has 0 saturated carbocycles. The summed E-state index contributed by atoms with van der Waals surface area (Å²) in [5, 5.41) is 13.0. The van der Waals surface area contributed by atoms with Crippen LogP contribution in [0.2, 0.25) is 0 Å². The summed E-state index contributed by atoms with van der Waals surface area (Å²) in [5.74, 6) is 1.01. The van der Waals surface area contributed by atoms with Crippen molar-refractivity contribution in [3.8, 4) is 16.8 Å². The van der Waals surface area contributed by atoms with Gasteiger partial charge in [0.1, 0.15) is 56.2 Å². The number of nitrogens with zero attached hydrogens (tertiary/aromatic N) is 2. The molecule has 276 valence electrons. The van der Waals surface area contributed by atoms with Crippen LogP contribution in [0.3, 0.4) is 0 Å². The van der Waals surface area contributed by atoms with Crippen LogP contribution in [-0.2, 0) is 0 Å². The van der Waals surface area contributed by atoms with E-state index in [0.29, 0.717) is 5.84 Å². The molecule has 10 heteroatoms. The number of nitrogens with one attached hydrogen (secondary N) is 1. The molecule has 0 radical (unpaired) electrons. The van der Waals surface area contributed by atoms with Gasteiger partial charge in [0.2, 0.25) is 0 Å². The van der Waals surface area contributed by atoms with E-state index in [9.17, 15) is 5.41 Å². The van der Waals surface area contributed by atoms with E-state index in [0.717, 1.165) is 44.1 Å². The highest BCUT2D eigenvalue weighted by Crippen LogP contribution is 2.57. The molecule has 2 aliphatic rings. The lowest BCUT2D eigenvalue weighted by Crippen LogP contribution is -2.57. The van der Waals surface area contributed by atoms with Crippen molar-refractivity contribution in [3.05, 3.63) is 131 Å². The zero-order chi connectivity index (χ0) is 40.2. The standard InChI is InChI=1S/C47H47B5N4O/c1-22-10-9-13-33-35(22)30-21-28(15-17-32(30)57-33)56-31-20-27(26-11-7-6-8-12-26)14-16-29(31)36-24(3)34-23(2)18-19-47(5,38(34)25(4)44(36)56)46(54)55-45(53)37-39(48)41(50)43(52)42(51)40(37)49/h6-21,23-25H,48-52H2,1-5H3,(H3,53,54,55). The van der Waals surface area contributed by atoms with E-state index in [4.69, 9.17) is 15.1 Å². The van der Waals surface area contributed by atoms with Crippen molar-refractivity contribution in [2.75, 3.05) is 0 Å². The molecule has 5 nitrogen and oxygen atoms in total. The highest BCUT2D eigenvalue weighted by Gasteiger charge is 2.46. The molecule has 4 unspecified atom stereocenters. The van der Waals surface area contributed by atoms with E-state index in [-0.39, 0.29) is 23.6 Å². The SMILES string of the molecule is Bc1c(B)c(B)c(C(=N)/N=C(\N)C2(C)C=CC(C)C3=C2C(C)c2c(c4ccc(-c5ccccc5)cc4n2-c2ccc4oc5cccc(C)c5c4c2)C3C)c(B)c1B. The number of fused-ring (bicyclic) bond motifs is 6. The average molecular weight is 738 g/mol. The Morgan fingerprint density at radius 1 is 0.772 bits per heavy atom. The van der Waals surface area contributed by atoms with E-state index < -0.39 is 5.41 Å². The third-order valence-electron chi connectivity index (χ3n) is 13.9. The molecule has 2 aromatic heterocycles. The maximum atomic E-state index is 9.41. The van der Waals surface area contributed by atoms with Gasteiger partial charge in [0, 0.05) is 44.9 Å². The van der Waals surface area contributed by atoms with Gasteiger partial charge >= 0.3 is 0 Å². The van der Waals surface area contributed by atoms with E-state index in [1.54, 1.807) is 0 Å². The molecule has 9 rings (SSSR count). The van der Waals surface area contributed by atoms with E-state index in [1.807, 2.05) is 0 Å². The summed E-state index contributed by atoms with van der Waals surface area (Å²) in [7, 11) is 10.7. The number of nitrogens with two attached hydrogens (primary N) is 1. The first-order chi connectivity index (χ1) is 27.2. The van der Waals surface area contributed by atoms with Crippen molar-refractivity contribution in [1.29, 1.82) is 5.41 Å². The summed E-state index contributed by atoms with van der Waals surface area (Å²) in [4.78, 5) is 5.02. The van der Waals surface area contributed by atoms with E-state index >= 15 is 0 Å². The Morgan fingerprint density at radius 2 is 1.47 bits per heavy atom. The molecule has 0 amide bonds. The Labute approximate surface area is 340 Å². The molecule has 0 spiro atoms. The average Bonchev–Trinajstić information content (AvgIpc) is 3.76. The monoisotopic (exact) mass is 738 g/mol. The minimum absolute atomic E-state index is 0.00929. The maximum absolute atomic E-state index is 9.41. The van der Waals surface area contributed by atoms with Crippen LogP contribution >= 0.6 is 0 Å². The summed E-state index contributed by atoms with van der Waals surface area (Å²) in [6.07, 6.45) is 4.57. The Kier molecular flexibility index (Phi) is 8.58. The minimum Gasteiger partial charge on any atom is -0.456 e. The summed E-state index contributed by atoms with van der Waals surface area (Å²) < 4.78 is 8.90. The van der Waals surface area contributed by atoms with Crippen LogP contribution in [0.1, 0.15) is 61.9 Å². The predicted molar refractivity (Wildman–Crippen MR) is 257 cm³/mol. The van der Waals surface area contributed by atoms with Gasteiger partial charge in [-0.15, -0.1) is 16.4 Å². The van der Waals surface area contributed by atoms with Gasteiger partial charge in [0.15, 0.2) is 5.84 Å². The molecule has 4 atom stereocenters. The van der Waals surface area contributed by atoms with Crippen molar-refractivity contribution >= 4 is 111 Å². The van der Waals surface area contributed by atoms with Gasteiger partial charge in [0.25, 0.3) is 0 Å². The molecule has 2 aliphatic carbocycles. The second-order valence-corrected chi connectivity index (χ2v) is 17.0. The van der Waals surface area contributed by atoms with Crippen molar-refractivity contribution in [2.45, 2.75) is 46.5 Å². The Balaban J connectivity index is 1.27. The fraction of sp³-hybridized carbons (Fsp3) is 0.191.